The highest BCUT2D eigenvalue weighted by Crippen LogP contribution is 2.22. The van der Waals surface area contributed by atoms with Gasteiger partial charge in [0.25, 0.3) is 0 Å². The van der Waals surface area contributed by atoms with Crippen molar-refractivity contribution in [2.75, 3.05) is 34.8 Å². The van der Waals surface area contributed by atoms with Crippen molar-refractivity contribution in [1.29, 1.82) is 0 Å². The molecule has 0 spiro atoms. The zero-order valence-electron chi connectivity index (χ0n) is 10.5. The average Bonchev–Trinajstić information content (AvgIpc) is 2.37. The SMILES string of the molecule is CCCNc1cncc(N2CCSCC2C)n1. The van der Waals surface area contributed by atoms with Gasteiger partial charge in [0.2, 0.25) is 0 Å². The third-order valence-electron chi connectivity index (χ3n) is 2.84. The Hall–Kier alpha value is -0.970. The van der Waals surface area contributed by atoms with E-state index in [2.05, 4.69) is 34.0 Å². The predicted molar refractivity (Wildman–Crippen MR) is 74.9 cm³/mol. The summed E-state index contributed by atoms with van der Waals surface area (Å²) in [4.78, 5) is 11.2. The van der Waals surface area contributed by atoms with E-state index in [1.807, 2.05) is 18.0 Å². The van der Waals surface area contributed by atoms with Crippen LogP contribution in [0, 0.1) is 0 Å². The minimum atomic E-state index is 0.546. The number of anilines is 2. The fourth-order valence-corrected chi connectivity index (χ4v) is 2.91. The van der Waals surface area contributed by atoms with E-state index < -0.39 is 0 Å². The van der Waals surface area contributed by atoms with Crippen LogP contribution < -0.4 is 10.2 Å². The lowest BCUT2D eigenvalue weighted by molar-refractivity contribution is 0.688. The molecule has 0 bridgehead atoms. The van der Waals surface area contributed by atoms with Gasteiger partial charge < -0.3 is 10.2 Å². The van der Waals surface area contributed by atoms with E-state index in [0.29, 0.717) is 6.04 Å². The molecule has 0 aromatic carbocycles. The largest absolute Gasteiger partial charge is 0.369 e. The van der Waals surface area contributed by atoms with Crippen LogP contribution in [0.25, 0.3) is 0 Å². The molecular formula is C12H20N4S. The van der Waals surface area contributed by atoms with E-state index in [9.17, 15) is 0 Å². The second-order valence-electron chi connectivity index (χ2n) is 4.31. The molecule has 1 aromatic heterocycles. The molecule has 1 aliphatic heterocycles. The Morgan fingerprint density at radius 2 is 2.41 bits per heavy atom. The lowest BCUT2D eigenvalue weighted by Crippen LogP contribution is -2.41. The lowest BCUT2D eigenvalue weighted by Gasteiger charge is -2.33. The van der Waals surface area contributed by atoms with E-state index in [0.717, 1.165) is 31.1 Å². The Morgan fingerprint density at radius 1 is 1.53 bits per heavy atom. The monoisotopic (exact) mass is 252 g/mol. The lowest BCUT2D eigenvalue weighted by atomic mass is 10.3. The zero-order chi connectivity index (χ0) is 12.1. The van der Waals surface area contributed by atoms with Crippen LogP contribution in [0.5, 0.6) is 0 Å². The van der Waals surface area contributed by atoms with Gasteiger partial charge in [0.15, 0.2) is 0 Å². The topological polar surface area (TPSA) is 41.1 Å². The highest BCUT2D eigenvalue weighted by Gasteiger charge is 2.20. The summed E-state index contributed by atoms with van der Waals surface area (Å²) in [6.07, 6.45) is 4.76. The molecule has 94 valence electrons. The van der Waals surface area contributed by atoms with Crippen molar-refractivity contribution in [3.8, 4) is 0 Å². The molecule has 0 radical (unpaired) electrons. The molecule has 0 saturated carbocycles. The molecule has 1 aromatic rings. The van der Waals surface area contributed by atoms with Crippen molar-refractivity contribution in [2.24, 2.45) is 0 Å². The van der Waals surface area contributed by atoms with Gasteiger partial charge in [0.05, 0.1) is 12.4 Å². The van der Waals surface area contributed by atoms with E-state index in [1.54, 1.807) is 6.20 Å². The smallest absolute Gasteiger partial charge is 0.149 e. The summed E-state index contributed by atoms with van der Waals surface area (Å²) in [5.74, 6) is 4.24. The minimum Gasteiger partial charge on any atom is -0.369 e. The molecule has 0 aliphatic carbocycles. The van der Waals surface area contributed by atoms with Gasteiger partial charge in [0, 0.05) is 30.6 Å². The number of thioether (sulfide) groups is 1. The summed E-state index contributed by atoms with van der Waals surface area (Å²) in [7, 11) is 0. The van der Waals surface area contributed by atoms with Crippen LogP contribution in [0.1, 0.15) is 20.3 Å². The third kappa shape index (κ3) is 3.25. The number of hydrogen-bond acceptors (Lipinski definition) is 5. The van der Waals surface area contributed by atoms with Crippen LogP contribution in [0.4, 0.5) is 11.6 Å². The maximum atomic E-state index is 4.63. The summed E-state index contributed by atoms with van der Waals surface area (Å²) in [6.45, 7) is 6.41. The Balaban J connectivity index is 2.08. The number of nitrogens with zero attached hydrogens (tertiary/aromatic N) is 3. The molecular weight excluding hydrogens is 232 g/mol. The summed E-state index contributed by atoms with van der Waals surface area (Å²) in [5, 5.41) is 3.28. The highest BCUT2D eigenvalue weighted by atomic mass is 32.2. The van der Waals surface area contributed by atoms with Gasteiger partial charge in [-0.2, -0.15) is 11.8 Å². The molecule has 1 aliphatic rings. The Morgan fingerprint density at radius 3 is 3.18 bits per heavy atom. The van der Waals surface area contributed by atoms with Crippen molar-refractivity contribution >= 4 is 23.4 Å². The molecule has 1 fully saturated rings. The molecule has 2 heterocycles. The van der Waals surface area contributed by atoms with Crippen LogP contribution in [0.3, 0.4) is 0 Å². The Labute approximate surface area is 107 Å². The maximum absolute atomic E-state index is 4.63. The summed E-state index contributed by atoms with van der Waals surface area (Å²) >= 11 is 2.01. The second-order valence-corrected chi connectivity index (χ2v) is 5.46. The van der Waals surface area contributed by atoms with Gasteiger partial charge in [-0.05, 0) is 13.3 Å². The van der Waals surface area contributed by atoms with Crippen LogP contribution in [0.15, 0.2) is 12.4 Å². The molecule has 1 unspecified atom stereocenters. The predicted octanol–water partition coefficient (Wildman–Crippen LogP) is 2.24. The Kier molecular flexibility index (Phi) is 4.48. The van der Waals surface area contributed by atoms with Gasteiger partial charge in [-0.3, -0.25) is 4.98 Å². The van der Waals surface area contributed by atoms with E-state index >= 15 is 0 Å². The highest BCUT2D eigenvalue weighted by molar-refractivity contribution is 7.99. The molecule has 1 N–H and O–H groups in total. The minimum absolute atomic E-state index is 0.546. The second kappa shape index (κ2) is 6.10. The van der Waals surface area contributed by atoms with Crippen molar-refractivity contribution in [3.05, 3.63) is 12.4 Å². The van der Waals surface area contributed by atoms with Gasteiger partial charge in [-0.25, -0.2) is 4.98 Å². The molecule has 1 saturated heterocycles. The maximum Gasteiger partial charge on any atom is 0.149 e. The first-order chi connectivity index (χ1) is 8.31. The normalized spacial score (nSPS) is 20.4. The quantitative estimate of drug-likeness (QED) is 0.890. The number of rotatable bonds is 4. The summed E-state index contributed by atoms with van der Waals surface area (Å²) < 4.78 is 0. The standard InChI is InChI=1S/C12H20N4S/c1-3-4-14-11-7-13-8-12(15-11)16-5-6-17-9-10(16)2/h7-8,10H,3-6,9H2,1-2H3,(H,14,15). The van der Waals surface area contributed by atoms with Crippen LogP contribution >= 0.6 is 11.8 Å². The summed E-state index contributed by atoms with van der Waals surface area (Å²) in [6, 6.07) is 0.546. The van der Waals surface area contributed by atoms with Crippen molar-refractivity contribution in [2.45, 2.75) is 26.3 Å². The molecule has 0 amide bonds. The van der Waals surface area contributed by atoms with Crippen LogP contribution in [0.2, 0.25) is 0 Å². The van der Waals surface area contributed by atoms with Crippen molar-refractivity contribution in [3.63, 3.8) is 0 Å². The fourth-order valence-electron chi connectivity index (χ4n) is 1.90. The van der Waals surface area contributed by atoms with Gasteiger partial charge in [0.1, 0.15) is 11.6 Å². The van der Waals surface area contributed by atoms with Gasteiger partial charge in [-0.15, -0.1) is 0 Å². The third-order valence-corrected chi connectivity index (χ3v) is 4.03. The number of hydrogen-bond donors (Lipinski definition) is 1. The average molecular weight is 252 g/mol. The molecule has 17 heavy (non-hydrogen) atoms. The molecule has 5 heteroatoms. The van der Waals surface area contributed by atoms with Crippen LogP contribution in [-0.4, -0.2) is 40.6 Å². The number of nitrogens with one attached hydrogen (secondary N) is 1. The first kappa shape index (κ1) is 12.5. The molecule has 4 nitrogen and oxygen atoms in total. The van der Waals surface area contributed by atoms with E-state index in [4.69, 9.17) is 0 Å². The fraction of sp³-hybridized carbons (Fsp3) is 0.667. The molecule has 1 atom stereocenters. The van der Waals surface area contributed by atoms with E-state index in [1.165, 1.54) is 11.5 Å². The first-order valence-electron chi connectivity index (χ1n) is 6.21. The zero-order valence-corrected chi connectivity index (χ0v) is 11.3. The van der Waals surface area contributed by atoms with Gasteiger partial charge in [-0.1, -0.05) is 6.92 Å². The molecule has 2 rings (SSSR count). The first-order valence-corrected chi connectivity index (χ1v) is 7.37. The summed E-state index contributed by atoms with van der Waals surface area (Å²) in [5.41, 5.74) is 0. The van der Waals surface area contributed by atoms with Crippen molar-refractivity contribution < 1.29 is 0 Å². The Bertz CT molecular complexity index is 358. The van der Waals surface area contributed by atoms with Gasteiger partial charge >= 0.3 is 0 Å². The van der Waals surface area contributed by atoms with Crippen LogP contribution in [-0.2, 0) is 0 Å². The number of aromatic nitrogens is 2. The van der Waals surface area contributed by atoms with Crippen molar-refractivity contribution in [1.82, 2.24) is 9.97 Å². The van der Waals surface area contributed by atoms with E-state index in [-0.39, 0.29) is 0 Å².